The van der Waals surface area contributed by atoms with Gasteiger partial charge in [-0.3, -0.25) is 10.1 Å². The Bertz CT molecular complexity index is 1400. The van der Waals surface area contributed by atoms with Crippen LogP contribution in [0.2, 0.25) is 10.0 Å². The third-order valence-electron chi connectivity index (χ3n) is 6.89. The number of rotatable bonds is 9. The lowest BCUT2D eigenvalue weighted by Gasteiger charge is -2.29. The molecule has 0 aliphatic heterocycles. The lowest BCUT2D eigenvalue weighted by atomic mass is 9.84. The highest BCUT2D eigenvalue weighted by molar-refractivity contribution is 6.35. The van der Waals surface area contributed by atoms with Gasteiger partial charge in [-0.2, -0.15) is 5.21 Å². The van der Waals surface area contributed by atoms with Crippen molar-refractivity contribution in [3.8, 4) is 0 Å². The molecule has 0 saturated heterocycles. The summed E-state index contributed by atoms with van der Waals surface area (Å²) in [6, 6.07) is 21.4. The maximum Gasteiger partial charge on any atom is 0.270 e. The van der Waals surface area contributed by atoms with Gasteiger partial charge in [-0.15, -0.1) is 5.10 Å². The third-order valence-corrected chi connectivity index (χ3v) is 7.32. The first-order valence-electron chi connectivity index (χ1n) is 12.9. The van der Waals surface area contributed by atoms with Crippen LogP contribution in [-0.2, 0) is 6.54 Å². The van der Waals surface area contributed by atoms with Crippen LogP contribution in [-0.4, -0.2) is 26.5 Å². The van der Waals surface area contributed by atoms with Gasteiger partial charge in [0.15, 0.2) is 0 Å². The molecule has 1 aliphatic carbocycles. The summed E-state index contributed by atoms with van der Waals surface area (Å²) in [4.78, 5) is 14.6. The lowest BCUT2D eigenvalue weighted by molar-refractivity contribution is 0.102. The quantitative estimate of drug-likeness (QED) is 0.197. The summed E-state index contributed by atoms with van der Waals surface area (Å²) in [6.45, 7) is 4.85. The molecule has 0 spiro atoms. The number of hydrogen-bond donors (Lipinski definition) is 3. The Morgan fingerprint density at radius 3 is 2.28 bits per heavy atom. The van der Waals surface area contributed by atoms with Crippen LogP contribution in [0.3, 0.4) is 0 Å². The van der Waals surface area contributed by atoms with Crippen molar-refractivity contribution in [1.29, 1.82) is 0 Å². The summed E-state index contributed by atoms with van der Waals surface area (Å²) in [5, 5.41) is 20.3. The standard InChI is InChI=1S/C29H29Cl2N7O/c1-19(32-26-16-24(30)15-25(31)17-26)38(27-13-11-22(12-14-27)21-5-3-2-4-6-21)18-20-7-9-23(10-8-20)28(39)33-29-34-36-37-35-29/h7-17,21,32H,1-6,18H2,(H2,33,34,35,36,37,39). The average Bonchev–Trinajstić information content (AvgIpc) is 3.45. The molecule has 1 saturated carbocycles. The summed E-state index contributed by atoms with van der Waals surface area (Å²) in [6.07, 6.45) is 6.42. The molecular weight excluding hydrogens is 533 g/mol. The highest BCUT2D eigenvalue weighted by atomic mass is 35.5. The summed E-state index contributed by atoms with van der Waals surface area (Å²) in [5.74, 6) is 1.09. The fourth-order valence-electron chi connectivity index (χ4n) is 4.90. The highest BCUT2D eigenvalue weighted by Crippen LogP contribution is 2.34. The minimum Gasteiger partial charge on any atom is -0.342 e. The van der Waals surface area contributed by atoms with Crippen LogP contribution in [0.5, 0.6) is 0 Å². The number of carbonyl (C=O) groups excluding carboxylic acids is 1. The van der Waals surface area contributed by atoms with Gasteiger partial charge in [0.1, 0.15) is 5.82 Å². The van der Waals surface area contributed by atoms with E-state index in [1.165, 1.54) is 37.7 Å². The number of tetrazole rings is 1. The Morgan fingerprint density at radius 2 is 1.64 bits per heavy atom. The van der Waals surface area contributed by atoms with Gasteiger partial charge in [-0.1, -0.05) is 78.4 Å². The van der Waals surface area contributed by atoms with Gasteiger partial charge in [-0.05, 0) is 77.6 Å². The molecule has 1 aromatic heterocycles. The molecule has 39 heavy (non-hydrogen) atoms. The molecule has 1 amide bonds. The Balaban J connectivity index is 1.36. The molecule has 3 aromatic carbocycles. The van der Waals surface area contributed by atoms with Gasteiger partial charge in [0.05, 0.1) is 0 Å². The summed E-state index contributed by atoms with van der Waals surface area (Å²) in [5.41, 5.74) is 4.61. The van der Waals surface area contributed by atoms with E-state index in [9.17, 15) is 4.79 Å². The Labute approximate surface area is 237 Å². The van der Waals surface area contributed by atoms with Crippen molar-refractivity contribution in [2.45, 2.75) is 44.6 Å². The monoisotopic (exact) mass is 561 g/mol. The summed E-state index contributed by atoms with van der Waals surface area (Å²) in [7, 11) is 0. The second kappa shape index (κ2) is 12.3. The summed E-state index contributed by atoms with van der Waals surface area (Å²) >= 11 is 12.4. The topological polar surface area (TPSA) is 98.8 Å². The van der Waals surface area contributed by atoms with Gasteiger partial charge in [-0.25, -0.2) is 0 Å². The number of hydrogen-bond acceptors (Lipinski definition) is 6. The van der Waals surface area contributed by atoms with E-state index in [0.717, 1.165) is 16.9 Å². The number of nitrogens with zero attached hydrogens (tertiary/aromatic N) is 4. The smallest absolute Gasteiger partial charge is 0.270 e. The van der Waals surface area contributed by atoms with E-state index in [0.29, 0.717) is 33.9 Å². The largest absolute Gasteiger partial charge is 0.342 e. The van der Waals surface area contributed by atoms with Crippen molar-refractivity contribution in [1.82, 2.24) is 20.6 Å². The first kappa shape index (κ1) is 26.7. The van der Waals surface area contributed by atoms with Crippen LogP contribution < -0.4 is 15.5 Å². The minimum atomic E-state index is -0.318. The Hall–Kier alpha value is -3.88. The van der Waals surface area contributed by atoms with E-state index in [2.05, 4.69) is 67.0 Å². The van der Waals surface area contributed by atoms with Crippen LogP contribution in [0.1, 0.15) is 59.5 Å². The second-order valence-corrected chi connectivity index (χ2v) is 10.5. The number of nitrogens with one attached hydrogen (secondary N) is 3. The molecule has 8 nitrogen and oxygen atoms in total. The zero-order chi connectivity index (χ0) is 27.2. The molecule has 200 valence electrons. The zero-order valence-electron chi connectivity index (χ0n) is 21.3. The molecule has 5 rings (SSSR count). The molecule has 0 unspecified atom stereocenters. The maximum atomic E-state index is 12.5. The molecule has 3 N–H and O–H groups in total. The fraction of sp³-hybridized carbons (Fsp3) is 0.241. The highest BCUT2D eigenvalue weighted by Gasteiger charge is 2.18. The number of aromatic amines is 1. The van der Waals surface area contributed by atoms with Gasteiger partial charge >= 0.3 is 0 Å². The fourth-order valence-corrected chi connectivity index (χ4v) is 5.42. The number of carbonyl (C=O) groups is 1. The third kappa shape index (κ3) is 6.96. The van der Waals surface area contributed by atoms with Crippen molar-refractivity contribution in [2.75, 3.05) is 15.5 Å². The maximum absolute atomic E-state index is 12.5. The van der Waals surface area contributed by atoms with E-state index in [1.54, 1.807) is 30.3 Å². The first-order chi connectivity index (χ1) is 18.9. The predicted octanol–water partition coefficient (Wildman–Crippen LogP) is 7.40. The van der Waals surface area contributed by atoms with Crippen molar-refractivity contribution in [2.24, 2.45) is 0 Å². The zero-order valence-corrected chi connectivity index (χ0v) is 22.8. The molecule has 10 heteroatoms. The van der Waals surface area contributed by atoms with Crippen molar-refractivity contribution >= 4 is 46.4 Å². The van der Waals surface area contributed by atoms with E-state index in [-0.39, 0.29) is 11.9 Å². The van der Waals surface area contributed by atoms with Gasteiger partial charge in [0, 0.05) is 33.5 Å². The Kier molecular flexibility index (Phi) is 8.44. The van der Waals surface area contributed by atoms with Gasteiger partial charge < -0.3 is 10.2 Å². The number of anilines is 3. The molecule has 0 bridgehead atoms. The van der Waals surface area contributed by atoms with E-state index in [1.807, 2.05) is 12.1 Å². The SMILES string of the molecule is C=C(Nc1cc(Cl)cc(Cl)c1)N(Cc1ccc(C(=O)Nc2nn[nH]n2)cc1)c1ccc(C2CCCCC2)cc1. The van der Waals surface area contributed by atoms with Crippen LogP contribution in [0.25, 0.3) is 0 Å². The normalized spacial score (nSPS) is 13.6. The minimum absolute atomic E-state index is 0.121. The second-order valence-electron chi connectivity index (χ2n) is 9.63. The number of H-pyrrole nitrogens is 1. The van der Waals surface area contributed by atoms with Crippen LogP contribution in [0, 0.1) is 0 Å². The number of halogens is 2. The van der Waals surface area contributed by atoms with Crippen molar-refractivity contribution in [3.05, 3.63) is 106 Å². The molecular formula is C29H29Cl2N7O. The molecule has 1 fully saturated rings. The van der Waals surface area contributed by atoms with Crippen molar-refractivity contribution in [3.63, 3.8) is 0 Å². The van der Waals surface area contributed by atoms with Crippen molar-refractivity contribution < 1.29 is 4.79 Å². The number of amides is 1. The molecule has 0 radical (unpaired) electrons. The Morgan fingerprint density at radius 1 is 0.949 bits per heavy atom. The van der Waals surface area contributed by atoms with E-state index >= 15 is 0 Å². The predicted molar refractivity (Wildman–Crippen MR) is 156 cm³/mol. The number of benzene rings is 3. The van der Waals surface area contributed by atoms with Crippen LogP contribution in [0.4, 0.5) is 17.3 Å². The van der Waals surface area contributed by atoms with E-state index < -0.39 is 0 Å². The molecule has 1 heterocycles. The van der Waals surface area contributed by atoms with Gasteiger partial charge in [0.2, 0.25) is 0 Å². The van der Waals surface area contributed by atoms with Gasteiger partial charge in [0.25, 0.3) is 11.9 Å². The lowest BCUT2D eigenvalue weighted by Crippen LogP contribution is -2.26. The average molecular weight is 563 g/mol. The molecule has 1 aliphatic rings. The first-order valence-corrected chi connectivity index (χ1v) is 13.6. The molecule has 0 atom stereocenters. The summed E-state index contributed by atoms with van der Waals surface area (Å²) < 4.78 is 0. The number of aromatic nitrogens is 4. The van der Waals surface area contributed by atoms with E-state index in [4.69, 9.17) is 23.2 Å². The van der Waals surface area contributed by atoms with Crippen LogP contribution in [0.15, 0.2) is 79.1 Å². The van der Waals surface area contributed by atoms with Crippen LogP contribution >= 0.6 is 23.2 Å². The molecule has 4 aromatic rings.